The van der Waals surface area contributed by atoms with E-state index in [1.807, 2.05) is 12.1 Å². The van der Waals surface area contributed by atoms with Crippen LogP contribution in [0.4, 0.5) is 0 Å². The van der Waals surface area contributed by atoms with Gasteiger partial charge in [0.25, 0.3) is 0 Å². The molecule has 2 nitrogen and oxygen atoms in total. The Bertz CT molecular complexity index is 329. The minimum atomic E-state index is -0.648. The fourth-order valence-corrected chi connectivity index (χ4v) is 2.12. The van der Waals surface area contributed by atoms with Gasteiger partial charge in [-0.15, -0.1) is 0 Å². The van der Waals surface area contributed by atoms with E-state index < -0.39 is 5.60 Å². The molecule has 76 valence electrons. The summed E-state index contributed by atoms with van der Waals surface area (Å²) in [6.07, 6.45) is 2.40. The Kier molecular flexibility index (Phi) is 2.33. The number of aryl methyl sites for hydroxylation is 1. The van der Waals surface area contributed by atoms with Crippen molar-refractivity contribution >= 4 is 0 Å². The standard InChI is InChI=1S/C12H17NO/c1-2-9-4-3-5-10(6-9)12(14)7-11(13)8-12/h3-6,11,14H,2,7-8,13H2,1H3. The molecule has 1 aliphatic carbocycles. The first-order valence-electron chi connectivity index (χ1n) is 5.21. The fourth-order valence-electron chi connectivity index (χ4n) is 2.12. The van der Waals surface area contributed by atoms with E-state index in [0.717, 1.165) is 12.0 Å². The summed E-state index contributed by atoms with van der Waals surface area (Å²) in [5.74, 6) is 0. The third-order valence-electron chi connectivity index (χ3n) is 3.07. The van der Waals surface area contributed by atoms with Gasteiger partial charge in [0.2, 0.25) is 0 Å². The number of benzene rings is 1. The molecular formula is C12H17NO. The van der Waals surface area contributed by atoms with Crippen molar-refractivity contribution in [1.29, 1.82) is 0 Å². The predicted octanol–water partition coefficient (Wildman–Crippen LogP) is 1.56. The Labute approximate surface area is 84.7 Å². The van der Waals surface area contributed by atoms with E-state index in [1.165, 1.54) is 5.56 Å². The van der Waals surface area contributed by atoms with Crippen molar-refractivity contribution in [1.82, 2.24) is 0 Å². The summed E-state index contributed by atoms with van der Waals surface area (Å²) in [5.41, 5.74) is 7.35. The average molecular weight is 191 g/mol. The molecule has 1 aromatic carbocycles. The van der Waals surface area contributed by atoms with Crippen molar-refractivity contribution in [2.24, 2.45) is 5.73 Å². The molecule has 1 aromatic rings. The molecule has 0 aliphatic heterocycles. The number of rotatable bonds is 2. The van der Waals surface area contributed by atoms with E-state index in [1.54, 1.807) is 0 Å². The quantitative estimate of drug-likeness (QED) is 0.745. The summed E-state index contributed by atoms with van der Waals surface area (Å²) >= 11 is 0. The topological polar surface area (TPSA) is 46.2 Å². The van der Waals surface area contributed by atoms with Gasteiger partial charge >= 0.3 is 0 Å². The van der Waals surface area contributed by atoms with Crippen molar-refractivity contribution in [3.8, 4) is 0 Å². The van der Waals surface area contributed by atoms with Crippen molar-refractivity contribution in [3.63, 3.8) is 0 Å². The number of nitrogens with two attached hydrogens (primary N) is 1. The summed E-state index contributed by atoms with van der Waals surface area (Å²) in [6.45, 7) is 2.12. The first-order chi connectivity index (χ1) is 6.64. The van der Waals surface area contributed by atoms with Gasteiger partial charge in [0.05, 0.1) is 5.60 Å². The maximum atomic E-state index is 10.2. The van der Waals surface area contributed by atoms with Gasteiger partial charge in [-0.3, -0.25) is 0 Å². The van der Waals surface area contributed by atoms with E-state index in [2.05, 4.69) is 19.1 Å². The van der Waals surface area contributed by atoms with E-state index >= 15 is 0 Å². The van der Waals surface area contributed by atoms with E-state index in [0.29, 0.717) is 12.8 Å². The highest BCUT2D eigenvalue weighted by Crippen LogP contribution is 2.40. The van der Waals surface area contributed by atoms with Gasteiger partial charge in [-0.25, -0.2) is 0 Å². The lowest BCUT2D eigenvalue weighted by Crippen LogP contribution is -2.49. The van der Waals surface area contributed by atoms with Crippen LogP contribution in [0, 0.1) is 0 Å². The van der Waals surface area contributed by atoms with Crippen LogP contribution in [0.25, 0.3) is 0 Å². The molecule has 0 spiro atoms. The van der Waals surface area contributed by atoms with Crippen LogP contribution in [0.3, 0.4) is 0 Å². The van der Waals surface area contributed by atoms with Gasteiger partial charge < -0.3 is 10.8 Å². The zero-order valence-electron chi connectivity index (χ0n) is 8.53. The molecule has 0 atom stereocenters. The molecule has 0 bridgehead atoms. The molecule has 2 rings (SSSR count). The first kappa shape index (κ1) is 9.69. The van der Waals surface area contributed by atoms with E-state index in [4.69, 9.17) is 5.73 Å². The molecule has 0 unspecified atom stereocenters. The molecule has 0 aromatic heterocycles. The second kappa shape index (κ2) is 3.37. The molecule has 14 heavy (non-hydrogen) atoms. The highest BCUT2D eigenvalue weighted by atomic mass is 16.3. The normalized spacial score (nSPS) is 31.2. The smallest absolute Gasteiger partial charge is 0.0926 e. The van der Waals surface area contributed by atoms with Crippen LogP contribution in [0.5, 0.6) is 0 Å². The number of aliphatic hydroxyl groups is 1. The highest BCUT2D eigenvalue weighted by Gasteiger charge is 2.41. The number of hydrogen-bond acceptors (Lipinski definition) is 2. The van der Waals surface area contributed by atoms with Crippen LogP contribution < -0.4 is 5.73 Å². The third kappa shape index (κ3) is 1.56. The maximum Gasteiger partial charge on any atom is 0.0926 e. The van der Waals surface area contributed by atoms with Gasteiger partial charge in [0.1, 0.15) is 0 Å². The average Bonchev–Trinajstić information content (AvgIpc) is 2.16. The van der Waals surface area contributed by atoms with Gasteiger partial charge in [0, 0.05) is 6.04 Å². The Morgan fingerprint density at radius 3 is 2.79 bits per heavy atom. The molecule has 1 aliphatic rings. The van der Waals surface area contributed by atoms with Crippen LogP contribution in [-0.2, 0) is 12.0 Å². The zero-order valence-corrected chi connectivity index (χ0v) is 8.53. The molecule has 0 saturated heterocycles. The van der Waals surface area contributed by atoms with Crippen LogP contribution in [0.1, 0.15) is 30.9 Å². The van der Waals surface area contributed by atoms with Gasteiger partial charge in [-0.1, -0.05) is 31.2 Å². The summed E-state index contributed by atoms with van der Waals surface area (Å²) in [7, 11) is 0. The predicted molar refractivity (Wildman–Crippen MR) is 56.9 cm³/mol. The Balaban J connectivity index is 2.24. The Morgan fingerprint density at radius 2 is 2.21 bits per heavy atom. The number of hydrogen-bond donors (Lipinski definition) is 2. The minimum Gasteiger partial charge on any atom is -0.385 e. The first-order valence-corrected chi connectivity index (χ1v) is 5.21. The van der Waals surface area contributed by atoms with Crippen molar-refractivity contribution in [2.75, 3.05) is 0 Å². The van der Waals surface area contributed by atoms with Gasteiger partial charge in [-0.05, 0) is 30.4 Å². The van der Waals surface area contributed by atoms with Crippen molar-refractivity contribution in [2.45, 2.75) is 37.8 Å². The fraction of sp³-hybridized carbons (Fsp3) is 0.500. The summed E-state index contributed by atoms with van der Waals surface area (Å²) < 4.78 is 0. The van der Waals surface area contributed by atoms with Gasteiger partial charge in [0.15, 0.2) is 0 Å². The summed E-state index contributed by atoms with van der Waals surface area (Å²) in [4.78, 5) is 0. The van der Waals surface area contributed by atoms with Crippen LogP contribution in [-0.4, -0.2) is 11.1 Å². The molecule has 1 saturated carbocycles. The lowest BCUT2D eigenvalue weighted by atomic mass is 9.71. The molecule has 3 N–H and O–H groups in total. The SMILES string of the molecule is CCc1cccc(C2(O)CC(N)C2)c1. The summed E-state index contributed by atoms with van der Waals surface area (Å²) in [5, 5.41) is 10.2. The lowest BCUT2D eigenvalue weighted by Gasteiger charge is -2.42. The van der Waals surface area contributed by atoms with E-state index in [9.17, 15) is 5.11 Å². The largest absolute Gasteiger partial charge is 0.385 e. The minimum absolute atomic E-state index is 0.172. The highest BCUT2D eigenvalue weighted by molar-refractivity contribution is 5.30. The molecule has 0 heterocycles. The molecule has 2 heteroatoms. The maximum absolute atomic E-state index is 10.2. The zero-order chi connectivity index (χ0) is 10.2. The molecular weight excluding hydrogens is 174 g/mol. The van der Waals surface area contributed by atoms with Crippen LogP contribution in [0.2, 0.25) is 0 Å². The second-order valence-corrected chi connectivity index (χ2v) is 4.25. The second-order valence-electron chi connectivity index (χ2n) is 4.25. The van der Waals surface area contributed by atoms with Crippen molar-refractivity contribution < 1.29 is 5.11 Å². The Hall–Kier alpha value is -0.860. The lowest BCUT2D eigenvalue weighted by molar-refractivity contribution is -0.0523. The van der Waals surface area contributed by atoms with Crippen molar-refractivity contribution in [3.05, 3.63) is 35.4 Å². The molecule has 0 amide bonds. The van der Waals surface area contributed by atoms with E-state index in [-0.39, 0.29) is 6.04 Å². The van der Waals surface area contributed by atoms with Gasteiger partial charge in [-0.2, -0.15) is 0 Å². The Morgan fingerprint density at radius 1 is 1.50 bits per heavy atom. The summed E-state index contributed by atoms with van der Waals surface area (Å²) in [6, 6.07) is 8.35. The molecule has 0 radical (unpaired) electrons. The monoisotopic (exact) mass is 191 g/mol. The molecule has 1 fully saturated rings. The van der Waals surface area contributed by atoms with Crippen LogP contribution in [0.15, 0.2) is 24.3 Å². The third-order valence-corrected chi connectivity index (χ3v) is 3.07. The van der Waals surface area contributed by atoms with Crippen LogP contribution >= 0.6 is 0 Å².